The first-order valence-corrected chi connectivity index (χ1v) is 8.54. The topological polar surface area (TPSA) is 72.7 Å². The van der Waals surface area contributed by atoms with E-state index in [1.807, 2.05) is 24.3 Å². The maximum atomic E-state index is 12.3. The molecule has 0 radical (unpaired) electrons. The Kier molecular flexibility index (Phi) is 3.78. The summed E-state index contributed by atoms with van der Waals surface area (Å²) < 4.78 is 7.11. The van der Waals surface area contributed by atoms with Gasteiger partial charge in [-0.25, -0.2) is 4.98 Å². The summed E-state index contributed by atoms with van der Waals surface area (Å²) >= 11 is 1.36. The van der Waals surface area contributed by atoms with Gasteiger partial charge in [0.25, 0.3) is 11.5 Å². The number of rotatable bonds is 3. The number of ether oxygens (including phenoxy) is 1. The molecule has 1 unspecified atom stereocenters. The van der Waals surface area contributed by atoms with Crippen LogP contribution < -0.4 is 15.6 Å². The van der Waals surface area contributed by atoms with Crippen LogP contribution in [-0.2, 0) is 6.42 Å². The molecule has 0 saturated carbocycles. The van der Waals surface area contributed by atoms with E-state index in [0.717, 1.165) is 17.7 Å². The Labute approximate surface area is 141 Å². The number of nitrogens with zero attached hydrogens (tertiary/aromatic N) is 2. The second-order valence-corrected chi connectivity index (χ2v) is 6.60. The Hall–Kier alpha value is -2.67. The highest BCUT2D eigenvalue weighted by Crippen LogP contribution is 2.26. The number of nitrogens with one attached hydrogen (secondary N) is 1. The molecule has 24 heavy (non-hydrogen) atoms. The SMILES string of the molecule is O=C(NCC1COc2ccccc2C1)c1cnc2sccn2c1=O. The molecular weight excluding hydrogens is 326 g/mol. The number of hydrogen-bond donors (Lipinski definition) is 1. The second-order valence-electron chi connectivity index (χ2n) is 5.73. The van der Waals surface area contributed by atoms with Crippen LogP contribution in [0.15, 0.2) is 46.8 Å². The Morgan fingerprint density at radius 1 is 1.42 bits per heavy atom. The first-order valence-electron chi connectivity index (χ1n) is 7.66. The summed E-state index contributed by atoms with van der Waals surface area (Å²) in [6, 6.07) is 7.91. The molecule has 0 aliphatic carbocycles. The lowest BCUT2D eigenvalue weighted by atomic mass is 9.97. The third kappa shape index (κ3) is 2.67. The fraction of sp³-hybridized carbons (Fsp3) is 0.235. The summed E-state index contributed by atoms with van der Waals surface area (Å²) in [4.78, 5) is 29.3. The quantitative estimate of drug-likeness (QED) is 0.787. The Balaban J connectivity index is 1.45. The molecule has 3 aromatic rings. The lowest BCUT2D eigenvalue weighted by Gasteiger charge is -2.25. The van der Waals surface area contributed by atoms with Crippen LogP contribution in [0.4, 0.5) is 0 Å². The van der Waals surface area contributed by atoms with Crippen molar-refractivity contribution < 1.29 is 9.53 Å². The smallest absolute Gasteiger partial charge is 0.271 e. The summed E-state index contributed by atoms with van der Waals surface area (Å²) in [5, 5.41) is 4.59. The van der Waals surface area contributed by atoms with Crippen molar-refractivity contribution in [1.82, 2.24) is 14.7 Å². The van der Waals surface area contributed by atoms with Crippen LogP contribution in [0.25, 0.3) is 4.96 Å². The van der Waals surface area contributed by atoms with E-state index >= 15 is 0 Å². The average molecular weight is 341 g/mol. The van der Waals surface area contributed by atoms with Gasteiger partial charge in [0.2, 0.25) is 0 Å². The zero-order valence-electron chi connectivity index (χ0n) is 12.8. The van der Waals surface area contributed by atoms with Gasteiger partial charge >= 0.3 is 0 Å². The summed E-state index contributed by atoms with van der Waals surface area (Å²) in [5.74, 6) is 0.696. The van der Waals surface area contributed by atoms with Crippen molar-refractivity contribution >= 4 is 22.2 Å². The zero-order chi connectivity index (χ0) is 16.5. The van der Waals surface area contributed by atoms with Crippen molar-refractivity contribution in [1.29, 1.82) is 0 Å². The number of fused-ring (bicyclic) bond motifs is 2. The highest BCUT2D eigenvalue weighted by Gasteiger charge is 2.21. The van der Waals surface area contributed by atoms with Gasteiger partial charge in [-0.05, 0) is 18.1 Å². The standard InChI is InChI=1S/C17H15N3O3S/c21-15(13-9-19-17-20(16(13)22)5-6-24-17)18-8-11-7-12-3-1-2-4-14(12)23-10-11/h1-6,9,11H,7-8,10H2,(H,18,21). The van der Waals surface area contributed by atoms with E-state index in [0.29, 0.717) is 18.1 Å². The Morgan fingerprint density at radius 2 is 2.29 bits per heavy atom. The minimum Gasteiger partial charge on any atom is -0.493 e. The van der Waals surface area contributed by atoms with Gasteiger partial charge in [-0.2, -0.15) is 0 Å². The maximum Gasteiger partial charge on any atom is 0.271 e. The summed E-state index contributed by atoms with van der Waals surface area (Å²) in [6.07, 6.45) is 3.81. The van der Waals surface area contributed by atoms with Gasteiger partial charge in [0.15, 0.2) is 4.96 Å². The van der Waals surface area contributed by atoms with E-state index in [2.05, 4.69) is 10.3 Å². The molecule has 7 heteroatoms. The molecule has 1 aliphatic heterocycles. The largest absolute Gasteiger partial charge is 0.493 e. The van der Waals surface area contributed by atoms with Crippen molar-refractivity contribution in [2.45, 2.75) is 6.42 Å². The molecule has 3 heterocycles. The molecule has 0 bridgehead atoms. The molecule has 4 rings (SSSR count). The molecule has 1 N–H and O–H groups in total. The van der Waals surface area contributed by atoms with Gasteiger partial charge in [-0.3, -0.25) is 14.0 Å². The van der Waals surface area contributed by atoms with Crippen LogP contribution >= 0.6 is 11.3 Å². The molecule has 122 valence electrons. The van der Waals surface area contributed by atoms with Crippen LogP contribution in [0, 0.1) is 5.92 Å². The van der Waals surface area contributed by atoms with Gasteiger partial charge in [-0.1, -0.05) is 18.2 Å². The minimum atomic E-state index is -0.396. The maximum absolute atomic E-state index is 12.3. The van der Waals surface area contributed by atoms with Crippen LogP contribution in [0.3, 0.4) is 0 Å². The number of para-hydroxylation sites is 1. The lowest BCUT2D eigenvalue weighted by Crippen LogP contribution is -2.37. The highest BCUT2D eigenvalue weighted by atomic mass is 32.1. The predicted octanol–water partition coefficient (Wildman–Crippen LogP) is 1.74. The van der Waals surface area contributed by atoms with Crippen LogP contribution in [-0.4, -0.2) is 28.4 Å². The molecule has 2 aromatic heterocycles. The van der Waals surface area contributed by atoms with Crippen LogP contribution in [0.5, 0.6) is 5.75 Å². The van der Waals surface area contributed by atoms with Gasteiger partial charge < -0.3 is 10.1 Å². The average Bonchev–Trinajstić information content (AvgIpc) is 3.09. The third-order valence-electron chi connectivity index (χ3n) is 4.09. The highest BCUT2D eigenvalue weighted by molar-refractivity contribution is 7.15. The molecule has 1 aliphatic rings. The predicted molar refractivity (Wildman–Crippen MR) is 90.8 cm³/mol. The molecule has 1 amide bonds. The van der Waals surface area contributed by atoms with Crippen LogP contribution in [0.1, 0.15) is 15.9 Å². The Bertz CT molecular complexity index is 963. The summed E-state index contributed by atoms with van der Waals surface area (Å²) in [7, 11) is 0. The van der Waals surface area contributed by atoms with E-state index < -0.39 is 5.91 Å². The van der Waals surface area contributed by atoms with Gasteiger partial charge in [-0.15, -0.1) is 11.3 Å². The minimum absolute atomic E-state index is 0.0584. The van der Waals surface area contributed by atoms with Crippen molar-refractivity contribution in [2.24, 2.45) is 5.92 Å². The van der Waals surface area contributed by atoms with E-state index in [-0.39, 0.29) is 17.0 Å². The summed E-state index contributed by atoms with van der Waals surface area (Å²) in [6.45, 7) is 1.01. The summed E-state index contributed by atoms with van der Waals surface area (Å²) in [5.41, 5.74) is 0.858. The number of hydrogen-bond acceptors (Lipinski definition) is 5. The number of benzene rings is 1. The second kappa shape index (κ2) is 6.09. The first kappa shape index (κ1) is 14.9. The monoisotopic (exact) mass is 341 g/mol. The van der Waals surface area contributed by atoms with E-state index in [9.17, 15) is 9.59 Å². The van der Waals surface area contributed by atoms with Gasteiger partial charge in [0.05, 0.1) is 6.61 Å². The number of amides is 1. The zero-order valence-corrected chi connectivity index (χ0v) is 13.6. The van der Waals surface area contributed by atoms with Gasteiger partial charge in [0, 0.05) is 30.2 Å². The van der Waals surface area contributed by atoms with Crippen molar-refractivity contribution in [3.8, 4) is 5.75 Å². The normalized spacial score (nSPS) is 16.4. The van der Waals surface area contributed by atoms with E-state index in [1.165, 1.54) is 21.9 Å². The number of carbonyl (C=O) groups excluding carboxylic acids is 1. The van der Waals surface area contributed by atoms with E-state index in [4.69, 9.17) is 4.74 Å². The van der Waals surface area contributed by atoms with Crippen molar-refractivity contribution in [3.05, 3.63) is 63.5 Å². The first-order chi connectivity index (χ1) is 11.7. The van der Waals surface area contributed by atoms with Crippen molar-refractivity contribution in [3.63, 3.8) is 0 Å². The third-order valence-corrected chi connectivity index (χ3v) is 4.87. The van der Waals surface area contributed by atoms with Crippen LogP contribution in [0.2, 0.25) is 0 Å². The van der Waals surface area contributed by atoms with Gasteiger partial charge in [0.1, 0.15) is 11.3 Å². The molecule has 0 fully saturated rings. The lowest BCUT2D eigenvalue weighted by molar-refractivity contribution is 0.0937. The number of carbonyl (C=O) groups is 1. The molecule has 0 saturated heterocycles. The van der Waals surface area contributed by atoms with Crippen molar-refractivity contribution in [2.75, 3.05) is 13.2 Å². The molecule has 0 spiro atoms. The Morgan fingerprint density at radius 3 is 3.21 bits per heavy atom. The molecule has 1 aromatic carbocycles. The molecule has 6 nitrogen and oxygen atoms in total. The molecule has 1 atom stereocenters. The van der Waals surface area contributed by atoms with E-state index in [1.54, 1.807) is 11.6 Å². The fourth-order valence-electron chi connectivity index (χ4n) is 2.83. The number of aromatic nitrogens is 2. The molecular formula is C17H15N3O3S. The number of thiazole rings is 1. The fourth-order valence-corrected chi connectivity index (χ4v) is 3.51.